The van der Waals surface area contributed by atoms with Gasteiger partial charge in [0.05, 0.1) is 0 Å². The summed E-state index contributed by atoms with van der Waals surface area (Å²) < 4.78 is 3.15. The Balaban J connectivity index is 2.19. The lowest BCUT2D eigenvalue weighted by Crippen LogP contribution is -2.23. The number of aromatic nitrogens is 2. The van der Waals surface area contributed by atoms with E-state index < -0.39 is 0 Å². The minimum Gasteiger partial charge on any atom is -0.335 e. The minimum absolute atomic E-state index is 0.619. The first kappa shape index (κ1) is 10.9. The highest BCUT2D eigenvalue weighted by molar-refractivity contribution is 7.71. The third kappa shape index (κ3) is 2.17. The standard InChI is InChI=1S/C12H20N2S/c1-8-4-5-11(6-9(8)2)14-7-10(3)13-12(14)15/h7-9,11H,4-6H2,1-3H3,(H,13,15). The Hall–Kier alpha value is -0.570. The largest absolute Gasteiger partial charge is 0.335 e. The van der Waals surface area contributed by atoms with Crippen molar-refractivity contribution in [2.75, 3.05) is 0 Å². The highest BCUT2D eigenvalue weighted by atomic mass is 32.1. The van der Waals surface area contributed by atoms with E-state index in [2.05, 4.69) is 36.5 Å². The van der Waals surface area contributed by atoms with E-state index >= 15 is 0 Å². The van der Waals surface area contributed by atoms with E-state index in [0.717, 1.165) is 16.6 Å². The molecule has 15 heavy (non-hydrogen) atoms. The second-order valence-corrected chi connectivity index (χ2v) is 5.46. The van der Waals surface area contributed by atoms with Gasteiger partial charge in [0.15, 0.2) is 4.77 Å². The van der Waals surface area contributed by atoms with Crippen LogP contribution in [0.1, 0.15) is 44.8 Å². The molecule has 3 heteroatoms. The van der Waals surface area contributed by atoms with Crippen molar-refractivity contribution in [1.29, 1.82) is 0 Å². The van der Waals surface area contributed by atoms with Crippen molar-refractivity contribution in [3.63, 3.8) is 0 Å². The van der Waals surface area contributed by atoms with Crippen molar-refractivity contribution in [3.8, 4) is 0 Å². The Morgan fingerprint density at radius 1 is 1.33 bits per heavy atom. The monoisotopic (exact) mass is 224 g/mol. The molecule has 1 aliphatic rings. The summed E-state index contributed by atoms with van der Waals surface area (Å²) in [5.41, 5.74) is 1.17. The molecule has 0 bridgehead atoms. The molecule has 0 aliphatic heterocycles. The van der Waals surface area contributed by atoms with Gasteiger partial charge >= 0.3 is 0 Å². The molecule has 0 saturated heterocycles. The van der Waals surface area contributed by atoms with Crippen LogP contribution in [-0.4, -0.2) is 9.55 Å². The number of aromatic amines is 1. The molecular weight excluding hydrogens is 204 g/mol. The maximum atomic E-state index is 5.33. The van der Waals surface area contributed by atoms with Crippen LogP contribution in [-0.2, 0) is 0 Å². The molecule has 1 aliphatic carbocycles. The van der Waals surface area contributed by atoms with Gasteiger partial charge in [-0.3, -0.25) is 0 Å². The molecule has 1 heterocycles. The van der Waals surface area contributed by atoms with Gasteiger partial charge in [0, 0.05) is 17.9 Å². The van der Waals surface area contributed by atoms with Gasteiger partial charge in [0.2, 0.25) is 0 Å². The lowest BCUT2D eigenvalue weighted by atomic mass is 9.79. The quantitative estimate of drug-likeness (QED) is 0.719. The number of rotatable bonds is 1. The van der Waals surface area contributed by atoms with Crippen molar-refractivity contribution in [2.24, 2.45) is 11.8 Å². The van der Waals surface area contributed by atoms with Crippen LogP contribution >= 0.6 is 12.2 Å². The van der Waals surface area contributed by atoms with Gasteiger partial charge in [-0.2, -0.15) is 0 Å². The van der Waals surface area contributed by atoms with E-state index in [-0.39, 0.29) is 0 Å². The molecule has 0 amide bonds. The number of hydrogen-bond donors (Lipinski definition) is 1. The smallest absolute Gasteiger partial charge is 0.177 e. The third-order valence-corrected chi connectivity index (χ3v) is 4.15. The third-order valence-electron chi connectivity index (χ3n) is 3.84. The van der Waals surface area contributed by atoms with Crippen molar-refractivity contribution < 1.29 is 0 Å². The van der Waals surface area contributed by atoms with Gasteiger partial charge < -0.3 is 9.55 Å². The SMILES string of the molecule is Cc1cn(C2CCC(C)C(C)C2)c(=S)[nH]1. The van der Waals surface area contributed by atoms with Crippen LogP contribution in [0, 0.1) is 23.5 Å². The zero-order valence-electron chi connectivity index (χ0n) is 9.79. The summed E-state index contributed by atoms with van der Waals surface area (Å²) in [5, 5.41) is 0. The average molecular weight is 224 g/mol. The fourth-order valence-corrected chi connectivity index (χ4v) is 2.94. The molecule has 84 valence electrons. The molecule has 0 radical (unpaired) electrons. The van der Waals surface area contributed by atoms with Crippen LogP contribution in [0.5, 0.6) is 0 Å². The van der Waals surface area contributed by atoms with Crippen LogP contribution in [0.15, 0.2) is 6.20 Å². The Morgan fingerprint density at radius 3 is 2.60 bits per heavy atom. The van der Waals surface area contributed by atoms with Crippen molar-refractivity contribution in [2.45, 2.75) is 46.1 Å². The molecular formula is C12H20N2S. The van der Waals surface area contributed by atoms with Crippen LogP contribution < -0.4 is 0 Å². The Kier molecular flexibility index (Phi) is 3.01. The van der Waals surface area contributed by atoms with Crippen LogP contribution in [0.3, 0.4) is 0 Å². The lowest BCUT2D eigenvalue weighted by Gasteiger charge is -2.32. The molecule has 0 spiro atoms. The molecule has 0 aromatic carbocycles. The number of aryl methyl sites for hydroxylation is 1. The van der Waals surface area contributed by atoms with E-state index in [4.69, 9.17) is 12.2 Å². The van der Waals surface area contributed by atoms with E-state index in [1.54, 1.807) is 0 Å². The van der Waals surface area contributed by atoms with Gasteiger partial charge in [-0.25, -0.2) is 0 Å². The van der Waals surface area contributed by atoms with E-state index in [1.807, 2.05) is 0 Å². The highest BCUT2D eigenvalue weighted by Gasteiger charge is 2.25. The van der Waals surface area contributed by atoms with Crippen molar-refractivity contribution in [3.05, 3.63) is 16.7 Å². The number of imidazole rings is 1. The maximum absolute atomic E-state index is 5.33. The first-order valence-corrected chi connectivity index (χ1v) is 6.26. The fraction of sp³-hybridized carbons (Fsp3) is 0.750. The number of hydrogen-bond acceptors (Lipinski definition) is 1. The van der Waals surface area contributed by atoms with Gasteiger partial charge in [-0.05, 0) is 50.2 Å². The van der Waals surface area contributed by atoms with Crippen molar-refractivity contribution in [1.82, 2.24) is 9.55 Å². The molecule has 2 nitrogen and oxygen atoms in total. The summed E-state index contributed by atoms with van der Waals surface area (Å²) in [7, 11) is 0. The molecule has 3 unspecified atom stereocenters. The first-order chi connectivity index (χ1) is 7.08. The number of H-pyrrole nitrogens is 1. The highest BCUT2D eigenvalue weighted by Crippen LogP contribution is 2.36. The zero-order chi connectivity index (χ0) is 11.0. The first-order valence-electron chi connectivity index (χ1n) is 5.85. The van der Waals surface area contributed by atoms with Gasteiger partial charge in [0.1, 0.15) is 0 Å². The van der Waals surface area contributed by atoms with Crippen LogP contribution in [0.25, 0.3) is 0 Å². The molecule has 1 N–H and O–H groups in total. The van der Waals surface area contributed by atoms with E-state index in [0.29, 0.717) is 6.04 Å². The molecule has 2 rings (SSSR count). The second kappa shape index (κ2) is 4.12. The molecule has 3 atom stereocenters. The molecule has 1 aromatic rings. The summed E-state index contributed by atoms with van der Waals surface area (Å²) in [6.45, 7) is 6.80. The van der Waals surface area contributed by atoms with Crippen molar-refractivity contribution >= 4 is 12.2 Å². The maximum Gasteiger partial charge on any atom is 0.177 e. The summed E-state index contributed by atoms with van der Waals surface area (Å²) in [6.07, 6.45) is 6.04. The molecule has 1 fully saturated rings. The summed E-state index contributed by atoms with van der Waals surface area (Å²) in [4.78, 5) is 3.21. The Morgan fingerprint density at radius 2 is 2.07 bits per heavy atom. The summed E-state index contributed by atoms with van der Waals surface area (Å²) in [5.74, 6) is 1.69. The van der Waals surface area contributed by atoms with Gasteiger partial charge in [-0.1, -0.05) is 13.8 Å². The second-order valence-electron chi connectivity index (χ2n) is 5.07. The molecule has 1 saturated carbocycles. The number of nitrogens with one attached hydrogen (secondary N) is 1. The Bertz CT molecular complexity index is 391. The van der Waals surface area contributed by atoms with Gasteiger partial charge in [-0.15, -0.1) is 0 Å². The van der Waals surface area contributed by atoms with Gasteiger partial charge in [0.25, 0.3) is 0 Å². The van der Waals surface area contributed by atoms with E-state index in [9.17, 15) is 0 Å². The summed E-state index contributed by atoms with van der Waals surface area (Å²) >= 11 is 5.33. The molecule has 1 aromatic heterocycles. The normalized spacial score (nSPS) is 31.8. The topological polar surface area (TPSA) is 20.7 Å². The predicted molar refractivity (Wildman–Crippen MR) is 65.6 cm³/mol. The predicted octanol–water partition coefficient (Wildman–Crippen LogP) is 3.85. The fourth-order valence-electron chi connectivity index (χ4n) is 2.58. The van der Waals surface area contributed by atoms with Crippen LogP contribution in [0.2, 0.25) is 0 Å². The zero-order valence-corrected chi connectivity index (χ0v) is 10.6. The van der Waals surface area contributed by atoms with E-state index in [1.165, 1.54) is 25.0 Å². The van der Waals surface area contributed by atoms with Crippen LogP contribution in [0.4, 0.5) is 0 Å². The minimum atomic E-state index is 0.619. The summed E-state index contributed by atoms with van der Waals surface area (Å²) in [6, 6.07) is 0.619. The number of nitrogens with zero attached hydrogens (tertiary/aromatic N) is 1. The average Bonchev–Trinajstić information content (AvgIpc) is 2.50. The Labute approximate surface area is 96.7 Å². The lowest BCUT2D eigenvalue weighted by molar-refractivity contribution is 0.209.